The molecule has 1 aromatic heterocycles. The Morgan fingerprint density at radius 3 is 3.18 bits per heavy atom. The zero-order valence-corrected chi connectivity index (χ0v) is 10.2. The van der Waals surface area contributed by atoms with Crippen LogP contribution in [0, 0.1) is 6.92 Å². The van der Waals surface area contributed by atoms with Crippen LogP contribution in [0.3, 0.4) is 0 Å². The first-order valence-electron chi connectivity index (χ1n) is 6.19. The van der Waals surface area contributed by atoms with Crippen LogP contribution in [-0.2, 0) is 11.3 Å². The average Bonchev–Trinajstić information content (AvgIpc) is 2.38. The number of hydrogen-bond acceptors (Lipinski definition) is 3. The van der Waals surface area contributed by atoms with E-state index in [1.807, 2.05) is 19.1 Å². The fourth-order valence-electron chi connectivity index (χ4n) is 2.07. The van der Waals surface area contributed by atoms with Gasteiger partial charge in [0.15, 0.2) is 0 Å². The van der Waals surface area contributed by atoms with E-state index in [2.05, 4.69) is 15.6 Å². The summed E-state index contributed by atoms with van der Waals surface area (Å²) in [5.41, 5.74) is 2.06. The Balaban J connectivity index is 1.85. The molecule has 0 aliphatic carbocycles. The molecule has 0 aromatic carbocycles. The van der Waals surface area contributed by atoms with E-state index in [0.29, 0.717) is 6.54 Å². The first-order valence-corrected chi connectivity index (χ1v) is 6.19. The molecule has 1 fully saturated rings. The smallest absolute Gasteiger partial charge is 0.237 e. The van der Waals surface area contributed by atoms with Crippen molar-refractivity contribution in [2.75, 3.05) is 6.54 Å². The summed E-state index contributed by atoms with van der Waals surface area (Å²) in [6.45, 7) is 3.47. The summed E-state index contributed by atoms with van der Waals surface area (Å²) in [5, 5.41) is 6.18. The third-order valence-electron chi connectivity index (χ3n) is 3.17. The van der Waals surface area contributed by atoms with E-state index in [1.54, 1.807) is 6.20 Å². The lowest BCUT2D eigenvalue weighted by atomic mass is 10.0. The fraction of sp³-hybridized carbons (Fsp3) is 0.538. The van der Waals surface area contributed by atoms with E-state index >= 15 is 0 Å². The second-order valence-corrected chi connectivity index (χ2v) is 4.49. The molecule has 2 heterocycles. The van der Waals surface area contributed by atoms with Gasteiger partial charge in [0.1, 0.15) is 0 Å². The summed E-state index contributed by atoms with van der Waals surface area (Å²) in [5.74, 6) is 0.0924. The number of aryl methyl sites for hydroxylation is 1. The van der Waals surface area contributed by atoms with Crippen molar-refractivity contribution >= 4 is 5.91 Å². The number of pyridine rings is 1. The van der Waals surface area contributed by atoms with Crippen molar-refractivity contribution < 1.29 is 4.79 Å². The summed E-state index contributed by atoms with van der Waals surface area (Å²) < 4.78 is 0. The molecule has 1 aliphatic heterocycles. The van der Waals surface area contributed by atoms with Gasteiger partial charge in [0.05, 0.1) is 18.3 Å². The Morgan fingerprint density at radius 1 is 1.59 bits per heavy atom. The van der Waals surface area contributed by atoms with Gasteiger partial charge in [-0.15, -0.1) is 0 Å². The molecule has 1 saturated heterocycles. The lowest BCUT2D eigenvalue weighted by Crippen LogP contribution is -2.46. The third kappa shape index (κ3) is 3.27. The number of hydrogen-bond donors (Lipinski definition) is 2. The van der Waals surface area contributed by atoms with Crippen molar-refractivity contribution in [1.82, 2.24) is 15.6 Å². The summed E-state index contributed by atoms with van der Waals surface area (Å²) in [6.07, 6.45) is 5.00. The predicted octanol–water partition coefficient (Wildman–Crippen LogP) is 1.15. The minimum Gasteiger partial charge on any atom is -0.349 e. The molecule has 0 spiro atoms. The third-order valence-corrected chi connectivity index (χ3v) is 3.17. The molecular weight excluding hydrogens is 214 g/mol. The lowest BCUT2D eigenvalue weighted by molar-refractivity contribution is -0.123. The minimum atomic E-state index is -0.0206. The molecule has 2 N–H and O–H groups in total. The number of aromatic nitrogens is 1. The zero-order valence-electron chi connectivity index (χ0n) is 10.2. The van der Waals surface area contributed by atoms with Gasteiger partial charge in [-0.05, 0) is 37.9 Å². The highest BCUT2D eigenvalue weighted by atomic mass is 16.2. The molecule has 17 heavy (non-hydrogen) atoms. The van der Waals surface area contributed by atoms with E-state index in [4.69, 9.17) is 0 Å². The van der Waals surface area contributed by atoms with Crippen molar-refractivity contribution in [3.8, 4) is 0 Å². The molecule has 1 aliphatic rings. The average molecular weight is 233 g/mol. The first kappa shape index (κ1) is 12.0. The SMILES string of the molecule is Cc1cccnc1CNC(=O)C1CCCCN1. The van der Waals surface area contributed by atoms with Gasteiger partial charge >= 0.3 is 0 Å². The normalized spacial score (nSPS) is 19.9. The molecule has 0 bridgehead atoms. The highest BCUT2D eigenvalue weighted by Gasteiger charge is 2.19. The summed E-state index contributed by atoms with van der Waals surface area (Å²) in [4.78, 5) is 16.1. The second-order valence-electron chi connectivity index (χ2n) is 4.49. The van der Waals surface area contributed by atoms with Crippen molar-refractivity contribution in [3.63, 3.8) is 0 Å². The van der Waals surface area contributed by atoms with Gasteiger partial charge in [0.25, 0.3) is 0 Å². The summed E-state index contributed by atoms with van der Waals surface area (Å²) in [6, 6.07) is 3.89. The molecule has 0 radical (unpaired) electrons. The van der Waals surface area contributed by atoms with Gasteiger partial charge in [-0.25, -0.2) is 0 Å². The number of carbonyl (C=O) groups excluding carboxylic acids is 1. The molecular formula is C13H19N3O. The molecule has 4 heteroatoms. The number of carbonyl (C=O) groups is 1. The van der Waals surface area contributed by atoms with Crippen LogP contribution in [0.5, 0.6) is 0 Å². The van der Waals surface area contributed by atoms with Crippen LogP contribution in [0.1, 0.15) is 30.5 Å². The van der Waals surface area contributed by atoms with Crippen molar-refractivity contribution in [2.45, 2.75) is 38.8 Å². The summed E-state index contributed by atoms with van der Waals surface area (Å²) in [7, 11) is 0. The minimum absolute atomic E-state index is 0.0206. The van der Waals surface area contributed by atoms with Crippen molar-refractivity contribution in [1.29, 1.82) is 0 Å². The van der Waals surface area contributed by atoms with Gasteiger partial charge < -0.3 is 10.6 Å². The zero-order chi connectivity index (χ0) is 12.1. The van der Waals surface area contributed by atoms with Gasteiger partial charge in [-0.2, -0.15) is 0 Å². The molecule has 1 aromatic rings. The van der Waals surface area contributed by atoms with Crippen LogP contribution < -0.4 is 10.6 Å². The molecule has 1 unspecified atom stereocenters. The number of rotatable bonds is 3. The number of amides is 1. The predicted molar refractivity (Wildman–Crippen MR) is 66.5 cm³/mol. The molecule has 4 nitrogen and oxygen atoms in total. The van der Waals surface area contributed by atoms with Crippen molar-refractivity contribution in [3.05, 3.63) is 29.6 Å². The standard InChI is InChI=1S/C13H19N3O/c1-10-5-4-8-15-12(10)9-16-13(17)11-6-2-3-7-14-11/h4-5,8,11,14H,2-3,6-7,9H2,1H3,(H,16,17). The Hall–Kier alpha value is -1.42. The van der Waals surface area contributed by atoms with Crippen LogP contribution in [0.4, 0.5) is 0 Å². The quantitative estimate of drug-likeness (QED) is 0.823. The van der Waals surface area contributed by atoms with Gasteiger partial charge in [0, 0.05) is 6.20 Å². The van der Waals surface area contributed by atoms with Gasteiger partial charge in [-0.1, -0.05) is 12.5 Å². The van der Waals surface area contributed by atoms with Crippen molar-refractivity contribution in [2.24, 2.45) is 0 Å². The maximum absolute atomic E-state index is 11.9. The number of piperidine rings is 1. The van der Waals surface area contributed by atoms with E-state index in [9.17, 15) is 4.79 Å². The second kappa shape index (κ2) is 5.77. The van der Waals surface area contributed by atoms with Crippen LogP contribution in [0.25, 0.3) is 0 Å². The van der Waals surface area contributed by atoms with Crippen LogP contribution in [0.2, 0.25) is 0 Å². The largest absolute Gasteiger partial charge is 0.349 e. The Bertz CT molecular complexity index is 386. The molecule has 1 atom stereocenters. The number of nitrogens with zero attached hydrogens (tertiary/aromatic N) is 1. The van der Waals surface area contributed by atoms with E-state index in [-0.39, 0.29) is 11.9 Å². The summed E-state index contributed by atoms with van der Waals surface area (Å²) >= 11 is 0. The lowest BCUT2D eigenvalue weighted by Gasteiger charge is -2.22. The van der Waals surface area contributed by atoms with Gasteiger partial charge in [0.2, 0.25) is 5.91 Å². The Labute approximate surface area is 102 Å². The monoisotopic (exact) mass is 233 g/mol. The number of nitrogens with one attached hydrogen (secondary N) is 2. The molecule has 0 saturated carbocycles. The molecule has 1 amide bonds. The van der Waals surface area contributed by atoms with E-state index in [0.717, 1.165) is 30.6 Å². The van der Waals surface area contributed by atoms with E-state index in [1.165, 1.54) is 6.42 Å². The highest BCUT2D eigenvalue weighted by Crippen LogP contribution is 2.07. The first-order chi connectivity index (χ1) is 8.27. The van der Waals surface area contributed by atoms with Crippen LogP contribution in [-0.4, -0.2) is 23.5 Å². The maximum atomic E-state index is 11.9. The fourth-order valence-corrected chi connectivity index (χ4v) is 2.07. The Morgan fingerprint density at radius 2 is 2.47 bits per heavy atom. The highest BCUT2D eigenvalue weighted by molar-refractivity contribution is 5.81. The maximum Gasteiger partial charge on any atom is 0.237 e. The molecule has 92 valence electrons. The van der Waals surface area contributed by atoms with E-state index < -0.39 is 0 Å². The molecule has 2 rings (SSSR count). The Kier molecular flexibility index (Phi) is 4.09. The topological polar surface area (TPSA) is 54.0 Å². The van der Waals surface area contributed by atoms with Gasteiger partial charge in [-0.3, -0.25) is 9.78 Å². The van der Waals surface area contributed by atoms with Crippen LogP contribution in [0.15, 0.2) is 18.3 Å². The van der Waals surface area contributed by atoms with Crippen LogP contribution >= 0.6 is 0 Å².